The van der Waals surface area contributed by atoms with Crippen LogP contribution in [0.5, 0.6) is 0 Å². The molecule has 0 radical (unpaired) electrons. The lowest BCUT2D eigenvalue weighted by atomic mass is 10.1. The second-order valence-corrected chi connectivity index (χ2v) is 5.16. The van der Waals surface area contributed by atoms with Crippen molar-refractivity contribution < 1.29 is 4.74 Å². The second-order valence-electron chi connectivity index (χ2n) is 5.16. The van der Waals surface area contributed by atoms with Gasteiger partial charge in [-0.1, -0.05) is 0 Å². The van der Waals surface area contributed by atoms with E-state index >= 15 is 0 Å². The number of nitrogens with zero attached hydrogens (tertiary/aromatic N) is 3. The Kier molecular flexibility index (Phi) is 3.12. The molecule has 2 N–H and O–H groups in total. The zero-order valence-electron chi connectivity index (χ0n) is 11.9. The fourth-order valence-corrected chi connectivity index (χ4v) is 2.68. The number of hydrogen-bond acceptors (Lipinski definition) is 5. The van der Waals surface area contributed by atoms with Crippen LogP contribution in [0.3, 0.4) is 0 Å². The molecule has 0 spiro atoms. The van der Waals surface area contributed by atoms with E-state index in [4.69, 9.17) is 4.74 Å². The van der Waals surface area contributed by atoms with Gasteiger partial charge in [-0.3, -0.25) is 9.78 Å². The fraction of sp³-hybridized carbons (Fsp3) is 0.267. The Labute approximate surface area is 126 Å². The maximum Gasteiger partial charge on any atom is 0.252 e. The van der Waals surface area contributed by atoms with Crippen LogP contribution in [-0.4, -0.2) is 46.2 Å². The molecule has 1 saturated heterocycles. The maximum absolute atomic E-state index is 12.0. The smallest absolute Gasteiger partial charge is 0.252 e. The monoisotopic (exact) mass is 297 g/mol. The summed E-state index contributed by atoms with van der Waals surface area (Å²) in [6, 6.07) is 5.35. The van der Waals surface area contributed by atoms with Gasteiger partial charge in [-0.15, -0.1) is 0 Å². The highest BCUT2D eigenvalue weighted by Crippen LogP contribution is 2.26. The molecule has 7 nitrogen and oxygen atoms in total. The normalized spacial score (nSPS) is 15.4. The van der Waals surface area contributed by atoms with Crippen molar-refractivity contribution in [1.82, 2.24) is 19.9 Å². The van der Waals surface area contributed by atoms with E-state index in [0.717, 1.165) is 29.7 Å². The molecule has 7 heteroatoms. The molecule has 0 aliphatic carbocycles. The SMILES string of the molecule is O=c1cc(-c2c[nH]c3ncccc23)nc(N2CCOCC2)[nH]1. The van der Waals surface area contributed by atoms with Crippen molar-refractivity contribution in [2.24, 2.45) is 0 Å². The molecule has 4 heterocycles. The number of rotatable bonds is 2. The number of nitrogens with one attached hydrogen (secondary N) is 2. The number of aromatic amines is 2. The number of fused-ring (bicyclic) bond motifs is 1. The van der Waals surface area contributed by atoms with E-state index < -0.39 is 0 Å². The topological polar surface area (TPSA) is 86.9 Å². The van der Waals surface area contributed by atoms with Crippen LogP contribution in [0, 0.1) is 0 Å². The average molecular weight is 297 g/mol. The summed E-state index contributed by atoms with van der Waals surface area (Å²) in [5.74, 6) is 0.587. The molecule has 4 rings (SSSR count). The predicted octanol–water partition coefficient (Wildman–Crippen LogP) is 1.15. The van der Waals surface area contributed by atoms with Crippen molar-refractivity contribution in [3.63, 3.8) is 0 Å². The van der Waals surface area contributed by atoms with Gasteiger partial charge >= 0.3 is 0 Å². The van der Waals surface area contributed by atoms with Gasteiger partial charge in [-0.2, -0.15) is 0 Å². The molecular weight excluding hydrogens is 282 g/mol. The molecule has 0 unspecified atom stereocenters. The first kappa shape index (κ1) is 13.0. The summed E-state index contributed by atoms with van der Waals surface area (Å²) in [6.45, 7) is 2.74. The van der Waals surface area contributed by atoms with E-state index in [9.17, 15) is 4.79 Å². The number of ether oxygens (including phenoxy) is 1. The van der Waals surface area contributed by atoms with Gasteiger partial charge in [0.25, 0.3) is 5.56 Å². The highest BCUT2D eigenvalue weighted by atomic mass is 16.5. The number of hydrogen-bond donors (Lipinski definition) is 2. The van der Waals surface area contributed by atoms with Gasteiger partial charge in [0.05, 0.1) is 18.9 Å². The average Bonchev–Trinajstić information content (AvgIpc) is 2.99. The van der Waals surface area contributed by atoms with Crippen molar-refractivity contribution in [2.45, 2.75) is 0 Å². The highest BCUT2D eigenvalue weighted by Gasteiger charge is 2.16. The molecule has 1 fully saturated rings. The molecule has 3 aromatic rings. The van der Waals surface area contributed by atoms with Crippen LogP contribution in [0.1, 0.15) is 0 Å². The van der Waals surface area contributed by atoms with Gasteiger partial charge in [0.15, 0.2) is 0 Å². The first-order chi connectivity index (χ1) is 10.8. The first-order valence-electron chi connectivity index (χ1n) is 7.18. The Morgan fingerprint density at radius 3 is 3.00 bits per heavy atom. The highest BCUT2D eigenvalue weighted by molar-refractivity contribution is 5.92. The van der Waals surface area contributed by atoms with Gasteiger partial charge in [-0.25, -0.2) is 9.97 Å². The first-order valence-corrected chi connectivity index (χ1v) is 7.18. The molecular formula is C15H15N5O2. The molecule has 1 aliphatic heterocycles. The quantitative estimate of drug-likeness (QED) is 0.741. The largest absolute Gasteiger partial charge is 0.378 e. The Morgan fingerprint density at radius 1 is 1.27 bits per heavy atom. The van der Waals surface area contributed by atoms with E-state index in [1.54, 1.807) is 6.20 Å². The van der Waals surface area contributed by atoms with E-state index in [1.165, 1.54) is 6.07 Å². The van der Waals surface area contributed by atoms with Crippen molar-refractivity contribution in [3.8, 4) is 11.3 Å². The van der Waals surface area contributed by atoms with Gasteiger partial charge in [0, 0.05) is 42.5 Å². The fourth-order valence-electron chi connectivity index (χ4n) is 2.68. The van der Waals surface area contributed by atoms with Gasteiger partial charge in [0.2, 0.25) is 5.95 Å². The summed E-state index contributed by atoms with van der Waals surface area (Å²) < 4.78 is 5.34. The molecule has 0 bridgehead atoms. The van der Waals surface area contributed by atoms with E-state index in [-0.39, 0.29) is 5.56 Å². The minimum absolute atomic E-state index is 0.162. The van der Waals surface area contributed by atoms with Crippen LogP contribution in [-0.2, 0) is 4.74 Å². The minimum atomic E-state index is -0.162. The van der Waals surface area contributed by atoms with E-state index in [1.807, 2.05) is 23.2 Å². The molecule has 22 heavy (non-hydrogen) atoms. The number of pyridine rings is 1. The summed E-state index contributed by atoms with van der Waals surface area (Å²) in [7, 11) is 0. The van der Waals surface area contributed by atoms with Gasteiger partial charge in [0.1, 0.15) is 5.65 Å². The number of aromatic nitrogens is 4. The van der Waals surface area contributed by atoms with Crippen LogP contribution in [0.15, 0.2) is 35.4 Å². The summed E-state index contributed by atoms with van der Waals surface area (Å²) >= 11 is 0. The second kappa shape index (κ2) is 5.27. The van der Waals surface area contributed by atoms with Crippen molar-refractivity contribution in [1.29, 1.82) is 0 Å². The van der Waals surface area contributed by atoms with Crippen molar-refractivity contribution in [2.75, 3.05) is 31.2 Å². The summed E-state index contributed by atoms with van der Waals surface area (Å²) in [5, 5.41) is 0.952. The van der Waals surface area contributed by atoms with Crippen LogP contribution in [0.4, 0.5) is 5.95 Å². The molecule has 112 valence electrons. The predicted molar refractivity (Wildman–Crippen MR) is 83.0 cm³/mol. The Balaban J connectivity index is 1.81. The number of anilines is 1. The number of H-pyrrole nitrogens is 2. The summed E-state index contributed by atoms with van der Waals surface area (Å²) in [5.41, 5.74) is 2.14. The van der Waals surface area contributed by atoms with Crippen LogP contribution in [0.2, 0.25) is 0 Å². The van der Waals surface area contributed by atoms with E-state index in [2.05, 4.69) is 19.9 Å². The molecule has 0 amide bonds. The van der Waals surface area contributed by atoms with Crippen molar-refractivity contribution in [3.05, 3.63) is 40.9 Å². The lowest BCUT2D eigenvalue weighted by molar-refractivity contribution is 0.122. The standard InChI is InChI=1S/C15H15N5O2/c21-13-8-12(11-9-17-14-10(11)2-1-3-16-14)18-15(19-13)20-4-6-22-7-5-20/h1-3,8-9H,4-7H2,(H,16,17)(H,18,19,21). The molecule has 1 aliphatic rings. The summed E-state index contributed by atoms with van der Waals surface area (Å²) in [6.07, 6.45) is 3.57. The van der Waals surface area contributed by atoms with E-state index in [0.29, 0.717) is 24.9 Å². The Bertz CT molecular complexity index is 863. The third-order valence-electron chi connectivity index (χ3n) is 3.77. The van der Waals surface area contributed by atoms with Crippen molar-refractivity contribution >= 4 is 17.0 Å². The van der Waals surface area contributed by atoms with Gasteiger partial charge < -0.3 is 14.6 Å². The zero-order valence-corrected chi connectivity index (χ0v) is 11.9. The number of morpholine rings is 1. The Morgan fingerprint density at radius 2 is 2.14 bits per heavy atom. The van der Waals surface area contributed by atoms with Crippen LogP contribution < -0.4 is 10.5 Å². The molecule has 0 atom stereocenters. The third kappa shape index (κ3) is 2.25. The van der Waals surface area contributed by atoms with Crippen LogP contribution >= 0.6 is 0 Å². The molecule has 0 saturated carbocycles. The lowest BCUT2D eigenvalue weighted by Crippen LogP contribution is -2.38. The minimum Gasteiger partial charge on any atom is -0.378 e. The summed E-state index contributed by atoms with van der Waals surface area (Å²) in [4.78, 5) is 28.8. The maximum atomic E-state index is 12.0. The Hall–Kier alpha value is -2.67. The molecule has 3 aromatic heterocycles. The molecule has 0 aromatic carbocycles. The lowest BCUT2D eigenvalue weighted by Gasteiger charge is -2.27. The zero-order chi connectivity index (χ0) is 14.9. The van der Waals surface area contributed by atoms with Crippen LogP contribution in [0.25, 0.3) is 22.3 Å². The van der Waals surface area contributed by atoms with Gasteiger partial charge in [-0.05, 0) is 12.1 Å². The third-order valence-corrected chi connectivity index (χ3v) is 3.77.